The largest absolute Gasteiger partial charge is 0.483 e. The van der Waals surface area contributed by atoms with Crippen LogP contribution in [-0.2, 0) is 13.2 Å². The van der Waals surface area contributed by atoms with Crippen LogP contribution in [0.2, 0.25) is 15.1 Å². The Balaban J connectivity index is 2.10. The van der Waals surface area contributed by atoms with Crippen LogP contribution in [0.15, 0.2) is 28.7 Å². The van der Waals surface area contributed by atoms with E-state index in [0.29, 0.717) is 32.3 Å². The molecule has 0 saturated carbocycles. The van der Waals surface area contributed by atoms with Crippen molar-refractivity contribution in [2.75, 3.05) is 0 Å². The van der Waals surface area contributed by atoms with Gasteiger partial charge in [0.05, 0.1) is 10.0 Å². The van der Waals surface area contributed by atoms with Gasteiger partial charge in [-0.05, 0) is 24.3 Å². The van der Waals surface area contributed by atoms with E-state index in [1.54, 1.807) is 24.3 Å². The number of furan rings is 1. The Labute approximate surface area is 119 Å². The fraction of sp³-hybridized carbons (Fsp3) is 0.167. The summed E-state index contributed by atoms with van der Waals surface area (Å²) in [5, 5.41) is 9.98. The summed E-state index contributed by atoms with van der Waals surface area (Å²) in [4.78, 5) is 0. The van der Waals surface area contributed by atoms with Crippen molar-refractivity contribution in [3.05, 3.63) is 50.9 Å². The van der Waals surface area contributed by atoms with Crippen molar-refractivity contribution in [2.45, 2.75) is 13.2 Å². The molecule has 1 aromatic carbocycles. The highest BCUT2D eigenvalue weighted by atomic mass is 35.5. The van der Waals surface area contributed by atoms with E-state index in [9.17, 15) is 0 Å². The van der Waals surface area contributed by atoms with E-state index in [0.717, 1.165) is 0 Å². The molecule has 0 saturated heterocycles. The summed E-state index contributed by atoms with van der Waals surface area (Å²) in [6.07, 6.45) is 0. The molecule has 0 aliphatic rings. The molecule has 1 N–H and O–H groups in total. The van der Waals surface area contributed by atoms with Gasteiger partial charge in [0.2, 0.25) is 0 Å². The summed E-state index contributed by atoms with van der Waals surface area (Å²) < 4.78 is 10.7. The smallest absolute Gasteiger partial charge is 0.157 e. The molecule has 0 atom stereocenters. The molecule has 0 amide bonds. The molecule has 1 heterocycles. The van der Waals surface area contributed by atoms with Crippen LogP contribution in [0.3, 0.4) is 0 Å². The molecular formula is C12H9Cl3O3. The summed E-state index contributed by atoms with van der Waals surface area (Å²) in [5.74, 6) is 1.40. The van der Waals surface area contributed by atoms with Gasteiger partial charge in [-0.15, -0.1) is 0 Å². The molecule has 2 aromatic rings. The number of ether oxygens (including phenoxy) is 1. The fourth-order valence-corrected chi connectivity index (χ4v) is 2.32. The lowest BCUT2D eigenvalue weighted by atomic mass is 10.3. The number of aliphatic hydroxyl groups is 1. The van der Waals surface area contributed by atoms with E-state index in [-0.39, 0.29) is 13.2 Å². The van der Waals surface area contributed by atoms with Gasteiger partial charge in [-0.3, -0.25) is 0 Å². The Morgan fingerprint density at radius 2 is 1.67 bits per heavy atom. The van der Waals surface area contributed by atoms with Crippen molar-refractivity contribution in [3.8, 4) is 5.75 Å². The number of aliphatic hydroxyl groups excluding tert-OH is 1. The van der Waals surface area contributed by atoms with Gasteiger partial charge in [-0.2, -0.15) is 0 Å². The second-order valence-corrected chi connectivity index (χ2v) is 4.76. The maximum absolute atomic E-state index is 8.86. The van der Waals surface area contributed by atoms with Gasteiger partial charge in [0, 0.05) is 5.02 Å². The van der Waals surface area contributed by atoms with Gasteiger partial charge >= 0.3 is 0 Å². The maximum atomic E-state index is 8.86. The Morgan fingerprint density at radius 1 is 1.06 bits per heavy atom. The Morgan fingerprint density at radius 3 is 2.22 bits per heavy atom. The molecule has 0 aliphatic carbocycles. The molecule has 96 valence electrons. The van der Waals surface area contributed by atoms with E-state index in [1.165, 1.54) is 0 Å². The Hall–Kier alpha value is -0.870. The van der Waals surface area contributed by atoms with E-state index in [1.807, 2.05) is 0 Å². The first-order valence-corrected chi connectivity index (χ1v) is 6.19. The topological polar surface area (TPSA) is 42.6 Å². The molecule has 2 rings (SSSR count). The van der Waals surface area contributed by atoms with Gasteiger partial charge in [-0.25, -0.2) is 0 Å². The summed E-state index contributed by atoms with van der Waals surface area (Å²) in [6, 6.07) is 6.48. The lowest BCUT2D eigenvalue weighted by Crippen LogP contribution is -1.95. The zero-order valence-corrected chi connectivity index (χ0v) is 11.4. The second kappa shape index (κ2) is 5.85. The molecule has 0 fully saturated rings. The van der Waals surface area contributed by atoms with Gasteiger partial charge in [0.15, 0.2) is 5.75 Å². The Kier molecular flexibility index (Phi) is 4.40. The van der Waals surface area contributed by atoms with E-state index < -0.39 is 0 Å². The molecular weight excluding hydrogens is 298 g/mol. The van der Waals surface area contributed by atoms with Crippen molar-refractivity contribution in [1.82, 2.24) is 0 Å². The Bertz CT molecular complexity index is 528. The van der Waals surface area contributed by atoms with Crippen molar-refractivity contribution in [2.24, 2.45) is 0 Å². The van der Waals surface area contributed by atoms with E-state index in [4.69, 9.17) is 49.1 Å². The first kappa shape index (κ1) is 13.6. The molecule has 0 unspecified atom stereocenters. The molecule has 0 spiro atoms. The average molecular weight is 308 g/mol. The third-order valence-corrected chi connectivity index (χ3v) is 2.97. The van der Waals surface area contributed by atoms with Crippen LogP contribution in [0.25, 0.3) is 0 Å². The van der Waals surface area contributed by atoms with Crippen LogP contribution in [0.1, 0.15) is 11.5 Å². The third kappa shape index (κ3) is 3.12. The van der Waals surface area contributed by atoms with Crippen LogP contribution in [-0.4, -0.2) is 5.11 Å². The van der Waals surface area contributed by atoms with Gasteiger partial charge in [0.1, 0.15) is 24.7 Å². The van der Waals surface area contributed by atoms with Crippen molar-refractivity contribution >= 4 is 34.8 Å². The molecule has 0 aliphatic heterocycles. The van der Waals surface area contributed by atoms with Crippen LogP contribution >= 0.6 is 34.8 Å². The van der Waals surface area contributed by atoms with Crippen LogP contribution in [0.4, 0.5) is 0 Å². The first-order chi connectivity index (χ1) is 8.60. The minimum absolute atomic E-state index is 0.150. The number of benzene rings is 1. The molecule has 1 aromatic heterocycles. The SMILES string of the molecule is OCc1ccc(COc2c(Cl)cc(Cl)cc2Cl)o1. The van der Waals surface area contributed by atoms with Crippen LogP contribution < -0.4 is 4.74 Å². The monoisotopic (exact) mass is 306 g/mol. The number of halogens is 3. The zero-order chi connectivity index (χ0) is 13.1. The van der Waals surface area contributed by atoms with Gasteiger partial charge in [0.25, 0.3) is 0 Å². The second-order valence-electron chi connectivity index (χ2n) is 3.51. The lowest BCUT2D eigenvalue weighted by Gasteiger charge is -2.08. The van der Waals surface area contributed by atoms with Gasteiger partial charge < -0.3 is 14.3 Å². The van der Waals surface area contributed by atoms with E-state index in [2.05, 4.69) is 0 Å². The molecule has 6 heteroatoms. The summed E-state index contributed by atoms with van der Waals surface area (Å²) in [6.45, 7) is 0.0174. The standard InChI is InChI=1S/C12H9Cl3O3/c13-7-3-10(14)12(11(15)4-7)17-6-9-2-1-8(5-16)18-9/h1-4,16H,5-6H2. The molecule has 3 nitrogen and oxygen atoms in total. The van der Waals surface area contributed by atoms with Crippen molar-refractivity contribution in [1.29, 1.82) is 0 Å². The average Bonchev–Trinajstić information content (AvgIpc) is 2.75. The maximum Gasteiger partial charge on any atom is 0.157 e. The highest BCUT2D eigenvalue weighted by Crippen LogP contribution is 2.36. The van der Waals surface area contributed by atoms with Crippen molar-refractivity contribution in [3.63, 3.8) is 0 Å². The minimum Gasteiger partial charge on any atom is -0.483 e. The first-order valence-electron chi connectivity index (χ1n) is 5.06. The fourth-order valence-electron chi connectivity index (χ4n) is 1.40. The number of hydrogen-bond donors (Lipinski definition) is 1. The molecule has 0 bridgehead atoms. The number of hydrogen-bond acceptors (Lipinski definition) is 3. The molecule has 18 heavy (non-hydrogen) atoms. The predicted octanol–water partition coefficient (Wildman–Crippen LogP) is 4.31. The number of rotatable bonds is 4. The highest BCUT2D eigenvalue weighted by Gasteiger charge is 2.10. The summed E-state index contributed by atoms with van der Waals surface area (Å²) in [5.41, 5.74) is 0. The lowest BCUT2D eigenvalue weighted by molar-refractivity contribution is 0.225. The third-order valence-electron chi connectivity index (χ3n) is 2.19. The minimum atomic E-state index is -0.150. The quantitative estimate of drug-likeness (QED) is 0.915. The van der Waals surface area contributed by atoms with Gasteiger partial charge in [-0.1, -0.05) is 34.8 Å². The van der Waals surface area contributed by atoms with Crippen molar-refractivity contribution < 1.29 is 14.3 Å². The van der Waals surface area contributed by atoms with E-state index >= 15 is 0 Å². The normalized spacial score (nSPS) is 10.7. The van der Waals surface area contributed by atoms with Crippen LogP contribution in [0.5, 0.6) is 5.75 Å². The highest BCUT2D eigenvalue weighted by molar-refractivity contribution is 6.40. The summed E-state index contributed by atoms with van der Waals surface area (Å²) >= 11 is 17.7. The predicted molar refractivity (Wildman–Crippen MR) is 70.4 cm³/mol. The summed E-state index contributed by atoms with van der Waals surface area (Å²) in [7, 11) is 0. The van der Waals surface area contributed by atoms with Crippen LogP contribution in [0, 0.1) is 0 Å². The zero-order valence-electron chi connectivity index (χ0n) is 9.12. The molecule has 0 radical (unpaired) electrons.